The highest BCUT2D eigenvalue weighted by Gasteiger charge is 2.30. The van der Waals surface area contributed by atoms with Gasteiger partial charge in [-0.15, -0.1) is 0 Å². The van der Waals surface area contributed by atoms with E-state index in [-0.39, 0.29) is 18.1 Å². The average Bonchev–Trinajstić information content (AvgIpc) is 2.90. The minimum Gasteiger partial charge on any atom is -0.484 e. The van der Waals surface area contributed by atoms with Crippen LogP contribution in [0, 0.1) is 6.92 Å². The molecule has 1 amide bonds. The summed E-state index contributed by atoms with van der Waals surface area (Å²) in [5.41, 5.74) is 8.46. The van der Waals surface area contributed by atoms with Gasteiger partial charge >= 0.3 is 0 Å². The zero-order chi connectivity index (χ0) is 18.0. The summed E-state index contributed by atoms with van der Waals surface area (Å²) in [5.74, 6) is 0.423. The topological polar surface area (TPSA) is 78.6 Å². The van der Waals surface area contributed by atoms with E-state index in [1.807, 2.05) is 24.3 Å². The standard InChI is InChI=1S/C20H19NO4/c1-3-13-4-6-14(7-5-13)9-17-20(23)19-12(2)8-15(10-16(19)25-17)24-11-18(21)22/h4-10H,3,11H2,1-2H3,(H2,21,22)/b17-9-. The largest absolute Gasteiger partial charge is 0.484 e. The van der Waals surface area contributed by atoms with E-state index < -0.39 is 5.91 Å². The van der Waals surface area contributed by atoms with Gasteiger partial charge in [0, 0.05) is 6.07 Å². The number of ether oxygens (including phenoxy) is 2. The number of aryl methyl sites for hydroxylation is 2. The first-order valence-corrected chi connectivity index (χ1v) is 8.07. The van der Waals surface area contributed by atoms with E-state index >= 15 is 0 Å². The van der Waals surface area contributed by atoms with Gasteiger partial charge in [0.1, 0.15) is 11.5 Å². The Morgan fingerprint density at radius 2 is 1.96 bits per heavy atom. The van der Waals surface area contributed by atoms with Gasteiger partial charge in [0.25, 0.3) is 5.91 Å². The van der Waals surface area contributed by atoms with E-state index in [2.05, 4.69) is 6.92 Å². The van der Waals surface area contributed by atoms with Crippen LogP contribution in [0.15, 0.2) is 42.2 Å². The number of carbonyl (C=O) groups excluding carboxylic acids is 2. The highest BCUT2D eigenvalue weighted by molar-refractivity contribution is 6.15. The molecule has 1 aliphatic rings. The summed E-state index contributed by atoms with van der Waals surface area (Å²) < 4.78 is 11.0. The van der Waals surface area contributed by atoms with Crippen LogP contribution in [-0.2, 0) is 11.2 Å². The Morgan fingerprint density at radius 3 is 2.60 bits per heavy atom. The van der Waals surface area contributed by atoms with Gasteiger partial charge < -0.3 is 15.2 Å². The molecular formula is C20H19NO4. The molecule has 5 nitrogen and oxygen atoms in total. The van der Waals surface area contributed by atoms with Crippen molar-refractivity contribution < 1.29 is 19.1 Å². The van der Waals surface area contributed by atoms with Crippen molar-refractivity contribution in [2.75, 3.05) is 6.61 Å². The second kappa shape index (κ2) is 6.81. The Hall–Kier alpha value is -3.08. The molecule has 3 rings (SSSR count). The number of allylic oxidation sites excluding steroid dienone is 1. The van der Waals surface area contributed by atoms with E-state index in [1.165, 1.54) is 5.56 Å². The zero-order valence-electron chi connectivity index (χ0n) is 14.2. The lowest BCUT2D eigenvalue weighted by molar-refractivity contribution is -0.119. The number of nitrogens with two attached hydrogens (primary N) is 1. The van der Waals surface area contributed by atoms with Crippen molar-refractivity contribution in [1.29, 1.82) is 0 Å². The molecular weight excluding hydrogens is 318 g/mol. The number of fused-ring (bicyclic) bond motifs is 1. The van der Waals surface area contributed by atoms with Crippen LogP contribution >= 0.6 is 0 Å². The van der Waals surface area contributed by atoms with Gasteiger partial charge in [-0.3, -0.25) is 9.59 Å². The fourth-order valence-corrected chi connectivity index (χ4v) is 2.72. The molecule has 0 radical (unpaired) electrons. The third-order valence-electron chi connectivity index (χ3n) is 4.01. The van der Waals surface area contributed by atoms with Crippen molar-refractivity contribution in [2.24, 2.45) is 5.73 Å². The molecule has 0 unspecified atom stereocenters. The van der Waals surface area contributed by atoms with Gasteiger partial charge in [0.2, 0.25) is 5.78 Å². The Kier molecular flexibility index (Phi) is 4.57. The van der Waals surface area contributed by atoms with Crippen LogP contribution in [0.3, 0.4) is 0 Å². The molecule has 0 aliphatic carbocycles. The second-order valence-corrected chi connectivity index (χ2v) is 5.90. The summed E-state index contributed by atoms with van der Waals surface area (Å²) in [6.07, 6.45) is 2.69. The molecule has 0 bridgehead atoms. The number of benzene rings is 2. The lowest BCUT2D eigenvalue weighted by Crippen LogP contribution is -2.20. The van der Waals surface area contributed by atoms with E-state index in [0.29, 0.717) is 17.1 Å². The summed E-state index contributed by atoms with van der Waals surface area (Å²) in [5, 5.41) is 0. The monoisotopic (exact) mass is 337 g/mol. The number of Topliss-reactive ketones (excluding diaryl/α,β-unsaturated/α-hetero) is 1. The predicted octanol–water partition coefficient (Wildman–Crippen LogP) is 3.04. The molecule has 2 aromatic carbocycles. The molecule has 1 aliphatic heterocycles. The van der Waals surface area contributed by atoms with Crippen LogP contribution in [0.2, 0.25) is 0 Å². The number of primary amides is 1. The van der Waals surface area contributed by atoms with Crippen LogP contribution < -0.4 is 15.2 Å². The third-order valence-corrected chi connectivity index (χ3v) is 4.01. The number of carbonyl (C=O) groups is 2. The first-order valence-electron chi connectivity index (χ1n) is 8.07. The normalized spacial score (nSPS) is 14.3. The zero-order valence-corrected chi connectivity index (χ0v) is 14.2. The smallest absolute Gasteiger partial charge is 0.255 e. The van der Waals surface area contributed by atoms with Crippen molar-refractivity contribution >= 4 is 17.8 Å². The van der Waals surface area contributed by atoms with Gasteiger partial charge in [-0.25, -0.2) is 0 Å². The van der Waals surface area contributed by atoms with Gasteiger partial charge in [-0.2, -0.15) is 0 Å². The fourth-order valence-electron chi connectivity index (χ4n) is 2.72. The maximum absolute atomic E-state index is 12.6. The molecule has 0 atom stereocenters. The maximum Gasteiger partial charge on any atom is 0.255 e. The SMILES string of the molecule is CCc1ccc(/C=C2\Oc3cc(OCC(N)=O)cc(C)c3C2=O)cc1. The molecule has 0 saturated carbocycles. The van der Waals surface area contributed by atoms with Crippen molar-refractivity contribution in [3.05, 3.63) is 64.4 Å². The number of ketones is 1. The van der Waals surface area contributed by atoms with Gasteiger partial charge in [0.15, 0.2) is 12.4 Å². The van der Waals surface area contributed by atoms with Crippen LogP contribution in [0.25, 0.3) is 6.08 Å². The first kappa shape index (κ1) is 16.8. The van der Waals surface area contributed by atoms with E-state index in [1.54, 1.807) is 25.1 Å². The third kappa shape index (κ3) is 3.55. The molecule has 128 valence electrons. The molecule has 5 heteroatoms. The minimum absolute atomic E-state index is 0.159. The second-order valence-electron chi connectivity index (χ2n) is 5.90. The number of hydrogen-bond acceptors (Lipinski definition) is 4. The highest BCUT2D eigenvalue weighted by atomic mass is 16.5. The Balaban J connectivity index is 1.87. The maximum atomic E-state index is 12.6. The van der Waals surface area contributed by atoms with Crippen molar-refractivity contribution in [1.82, 2.24) is 0 Å². The van der Waals surface area contributed by atoms with Crippen molar-refractivity contribution in [3.63, 3.8) is 0 Å². The van der Waals surface area contributed by atoms with Crippen molar-refractivity contribution in [3.8, 4) is 11.5 Å². The summed E-state index contributed by atoms with van der Waals surface area (Å²) in [4.78, 5) is 23.5. The minimum atomic E-state index is -0.564. The fraction of sp³-hybridized carbons (Fsp3) is 0.200. The first-order chi connectivity index (χ1) is 12.0. The Bertz CT molecular complexity index is 866. The summed E-state index contributed by atoms with van der Waals surface area (Å²) in [6.45, 7) is 3.67. The quantitative estimate of drug-likeness (QED) is 0.851. The molecule has 0 spiro atoms. The number of rotatable bonds is 5. The summed E-state index contributed by atoms with van der Waals surface area (Å²) in [6, 6.07) is 11.3. The van der Waals surface area contributed by atoms with E-state index in [9.17, 15) is 9.59 Å². The van der Waals surface area contributed by atoms with Gasteiger partial charge in [-0.05, 0) is 42.2 Å². The van der Waals surface area contributed by atoms with E-state index in [0.717, 1.165) is 17.5 Å². The lowest BCUT2D eigenvalue weighted by atomic mass is 10.0. The highest BCUT2D eigenvalue weighted by Crippen LogP contribution is 2.37. The van der Waals surface area contributed by atoms with Gasteiger partial charge in [-0.1, -0.05) is 31.2 Å². The molecule has 25 heavy (non-hydrogen) atoms. The average molecular weight is 337 g/mol. The molecule has 0 aromatic heterocycles. The molecule has 0 saturated heterocycles. The van der Waals surface area contributed by atoms with Gasteiger partial charge in [0.05, 0.1) is 5.56 Å². The molecule has 2 aromatic rings. The van der Waals surface area contributed by atoms with E-state index in [4.69, 9.17) is 15.2 Å². The molecule has 1 heterocycles. The predicted molar refractivity (Wildman–Crippen MR) is 94.6 cm³/mol. The van der Waals surface area contributed by atoms with Crippen LogP contribution in [0.4, 0.5) is 0 Å². The van der Waals surface area contributed by atoms with Crippen LogP contribution in [-0.4, -0.2) is 18.3 Å². The van der Waals surface area contributed by atoms with Crippen LogP contribution in [0.1, 0.15) is 34.0 Å². The summed E-state index contributed by atoms with van der Waals surface area (Å²) >= 11 is 0. The molecule has 0 fully saturated rings. The number of amides is 1. The molecule has 2 N–H and O–H groups in total. The summed E-state index contributed by atoms with van der Waals surface area (Å²) in [7, 11) is 0. The lowest BCUT2D eigenvalue weighted by Gasteiger charge is -2.07. The Morgan fingerprint density at radius 1 is 1.24 bits per heavy atom. The Labute approximate surface area is 146 Å². The van der Waals surface area contributed by atoms with Crippen molar-refractivity contribution in [2.45, 2.75) is 20.3 Å². The van der Waals surface area contributed by atoms with Crippen LogP contribution in [0.5, 0.6) is 11.5 Å². The number of hydrogen-bond donors (Lipinski definition) is 1.